The number of carbonyl (C=O) groups excluding carboxylic acids is 1. The smallest absolute Gasteiger partial charge is 0.283 e. The summed E-state index contributed by atoms with van der Waals surface area (Å²) in [7, 11) is 0. The third-order valence-corrected chi connectivity index (χ3v) is 3.73. The average molecular weight is 319 g/mol. The quantitative estimate of drug-likeness (QED) is 0.619. The van der Waals surface area contributed by atoms with E-state index >= 15 is 0 Å². The van der Waals surface area contributed by atoms with Gasteiger partial charge in [0.15, 0.2) is 0 Å². The molecule has 2 N–H and O–H groups in total. The van der Waals surface area contributed by atoms with Gasteiger partial charge in [-0.3, -0.25) is 14.9 Å². The molecule has 0 aliphatic heterocycles. The van der Waals surface area contributed by atoms with Crippen LogP contribution in [0.25, 0.3) is 0 Å². The number of benzene rings is 1. The fourth-order valence-corrected chi connectivity index (χ4v) is 2.59. The first kappa shape index (κ1) is 16.7. The van der Waals surface area contributed by atoms with E-state index in [1.807, 2.05) is 6.26 Å². The lowest BCUT2D eigenvalue weighted by Crippen LogP contribution is -2.42. The van der Waals surface area contributed by atoms with Gasteiger partial charge in [-0.15, -0.1) is 0 Å². The van der Waals surface area contributed by atoms with Gasteiger partial charge in [0, 0.05) is 18.4 Å². The van der Waals surface area contributed by atoms with Crippen molar-refractivity contribution >= 4 is 35.0 Å². The molecule has 0 heterocycles. The third-order valence-electron chi connectivity index (χ3n) is 2.50. The molecule has 0 bridgehead atoms. The van der Waals surface area contributed by atoms with Gasteiger partial charge in [0.25, 0.3) is 11.6 Å². The zero-order chi connectivity index (χ0) is 15.3. The van der Waals surface area contributed by atoms with Crippen LogP contribution < -0.4 is 5.32 Å². The number of nitrogens with one attached hydrogen (secondary N) is 1. The molecule has 0 fully saturated rings. The highest BCUT2D eigenvalue weighted by molar-refractivity contribution is 7.98. The standard InChI is InChI=1S/C12H15ClN2O4S/c1-12(17,7-20-2)6-14-11(16)10-8(13)4-3-5-9(10)15(18)19/h3-5,17H,6-7H2,1-2H3,(H,14,16). The molecule has 0 spiro atoms. The molecule has 0 saturated heterocycles. The van der Waals surface area contributed by atoms with Crippen molar-refractivity contribution in [2.45, 2.75) is 12.5 Å². The van der Waals surface area contributed by atoms with E-state index in [1.165, 1.54) is 30.0 Å². The number of rotatable bonds is 6. The lowest BCUT2D eigenvalue weighted by Gasteiger charge is -2.22. The minimum absolute atomic E-state index is 0.00112. The maximum atomic E-state index is 12.0. The van der Waals surface area contributed by atoms with E-state index in [4.69, 9.17) is 11.6 Å². The highest BCUT2D eigenvalue weighted by atomic mass is 35.5. The van der Waals surface area contributed by atoms with Crippen LogP contribution in [0, 0.1) is 10.1 Å². The molecular weight excluding hydrogens is 304 g/mol. The van der Waals surface area contributed by atoms with E-state index in [1.54, 1.807) is 6.92 Å². The van der Waals surface area contributed by atoms with Crippen molar-refractivity contribution in [1.82, 2.24) is 5.32 Å². The number of thioether (sulfide) groups is 1. The Hall–Kier alpha value is -1.31. The number of halogens is 1. The Morgan fingerprint density at radius 3 is 2.80 bits per heavy atom. The number of aliphatic hydroxyl groups is 1. The van der Waals surface area contributed by atoms with E-state index < -0.39 is 16.4 Å². The second-order valence-corrected chi connectivity index (χ2v) is 5.78. The first-order valence-electron chi connectivity index (χ1n) is 5.71. The molecular formula is C12H15ClN2O4S. The van der Waals surface area contributed by atoms with Crippen LogP contribution in [0.4, 0.5) is 5.69 Å². The summed E-state index contributed by atoms with van der Waals surface area (Å²) in [6.45, 7) is 1.56. The third kappa shape index (κ3) is 4.36. The highest BCUT2D eigenvalue weighted by Gasteiger charge is 2.26. The molecule has 0 aliphatic rings. The fourth-order valence-electron chi connectivity index (χ4n) is 1.61. The zero-order valence-electron chi connectivity index (χ0n) is 11.1. The van der Waals surface area contributed by atoms with Crippen molar-refractivity contribution in [2.24, 2.45) is 0 Å². The SMILES string of the molecule is CSCC(C)(O)CNC(=O)c1c(Cl)cccc1[N+](=O)[O-]. The topological polar surface area (TPSA) is 92.5 Å². The molecule has 110 valence electrons. The van der Waals surface area contributed by atoms with E-state index in [2.05, 4.69) is 5.32 Å². The van der Waals surface area contributed by atoms with Crippen molar-refractivity contribution in [3.8, 4) is 0 Å². The first-order chi connectivity index (χ1) is 9.28. The zero-order valence-corrected chi connectivity index (χ0v) is 12.6. The maximum Gasteiger partial charge on any atom is 0.283 e. The fraction of sp³-hybridized carbons (Fsp3) is 0.417. The first-order valence-corrected chi connectivity index (χ1v) is 7.48. The maximum absolute atomic E-state index is 12.0. The normalized spacial score (nSPS) is 13.6. The summed E-state index contributed by atoms with van der Waals surface area (Å²) >= 11 is 7.28. The van der Waals surface area contributed by atoms with Crippen LogP contribution in [0.5, 0.6) is 0 Å². The van der Waals surface area contributed by atoms with Crippen LogP contribution in [0.15, 0.2) is 18.2 Å². The van der Waals surface area contributed by atoms with Gasteiger partial charge in [0.1, 0.15) is 5.56 Å². The van der Waals surface area contributed by atoms with Crippen molar-refractivity contribution < 1.29 is 14.8 Å². The lowest BCUT2D eigenvalue weighted by atomic mass is 10.1. The van der Waals surface area contributed by atoms with Gasteiger partial charge in [-0.1, -0.05) is 17.7 Å². The predicted molar refractivity (Wildman–Crippen MR) is 79.4 cm³/mol. The van der Waals surface area contributed by atoms with Crippen LogP contribution in [-0.4, -0.2) is 40.1 Å². The van der Waals surface area contributed by atoms with Gasteiger partial charge >= 0.3 is 0 Å². The number of hydrogen-bond acceptors (Lipinski definition) is 5. The summed E-state index contributed by atoms with van der Waals surface area (Å²) in [5.41, 5.74) is -1.65. The van der Waals surface area contributed by atoms with Crippen LogP contribution >= 0.6 is 23.4 Å². The van der Waals surface area contributed by atoms with Gasteiger partial charge in [0.2, 0.25) is 0 Å². The molecule has 0 aromatic heterocycles. The molecule has 0 radical (unpaired) electrons. The summed E-state index contributed by atoms with van der Waals surface area (Å²) in [6, 6.07) is 4.02. The summed E-state index contributed by atoms with van der Waals surface area (Å²) in [5, 5.41) is 23.3. The number of nitro benzene ring substituents is 1. The Morgan fingerprint density at radius 2 is 2.25 bits per heavy atom. The Balaban J connectivity index is 2.91. The van der Waals surface area contributed by atoms with Gasteiger partial charge in [-0.25, -0.2) is 0 Å². The molecule has 1 atom stereocenters. The summed E-state index contributed by atoms with van der Waals surface area (Å²) in [6.07, 6.45) is 1.83. The monoisotopic (exact) mass is 318 g/mol. The molecule has 8 heteroatoms. The molecule has 1 aromatic rings. The van der Waals surface area contributed by atoms with Crippen molar-refractivity contribution in [1.29, 1.82) is 0 Å². The minimum atomic E-state index is -1.09. The lowest BCUT2D eigenvalue weighted by molar-refractivity contribution is -0.385. The molecule has 0 saturated carbocycles. The van der Waals surface area contributed by atoms with E-state index in [9.17, 15) is 20.0 Å². The number of amides is 1. The van der Waals surface area contributed by atoms with Crippen molar-refractivity contribution in [2.75, 3.05) is 18.6 Å². The van der Waals surface area contributed by atoms with E-state index in [0.717, 1.165) is 0 Å². The average Bonchev–Trinajstić information content (AvgIpc) is 2.35. The Bertz CT molecular complexity index is 522. The molecule has 20 heavy (non-hydrogen) atoms. The summed E-state index contributed by atoms with van der Waals surface area (Å²) < 4.78 is 0. The largest absolute Gasteiger partial charge is 0.387 e. The Kier molecular flexibility index (Phi) is 5.79. The number of nitro groups is 1. The Morgan fingerprint density at radius 1 is 1.60 bits per heavy atom. The predicted octanol–water partition coefficient (Wildman–Crippen LogP) is 2.09. The summed E-state index contributed by atoms with van der Waals surface area (Å²) in [5.74, 6) is -0.249. The van der Waals surface area contributed by atoms with Crippen LogP contribution in [0.3, 0.4) is 0 Å². The molecule has 1 rings (SSSR count). The second-order valence-electron chi connectivity index (χ2n) is 4.50. The highest BCUT2D eigenvalue weighted by Crippen LogP contribution is 2.26. The van der Waals surface area contributed by atoms with Gasteiger partial charge < -0.3 is 10.4 Å². The van der Waals surface area contributed by atoms with Crippen LogP contribution in [-0.2, 0) is 0 Å². The number of hydrogen-bond donors (Lipinski definition) is 2. The van der Waals surface area contributed by atoms with Crippen molar-refractivity contribution in [3.63, 3.8) is 0 Å². The van der Waals surface area contributed by atoms with Crippen LogP contribution in [0.1, 0.15) is 17.3 Å². The number of carbonyl (C=O) groups is 1. The van der Waals surface area contributed by atoms with Gasteiger partial charge in [-0.2, -0.15) is 11.8 Å². The van der Waals surface area contributed by atoms with E-state index in [0.29, 0.717) is 5.75 Å². The second kappa shape index (κ2) is 6.92. The Labute approximate surface area is 125 Å². The van der Waals surface area contributed by atoms with Gasteiger partial charge in [0.05, 0.1) is 15.5 Å². The minimum Gasteiger partial charge on any atom is -0.387 e. The summed E-state index contributed by atoms with van der Waals surface area (Å²) in [4.78, 5) is 22.3. The van der Waals surface area contributed by atoms with Crippen LogP contribution in [0.2, 0.25) is 5.02 Å². The molecule has 0 aliphatic carbocycles. The molecule has 6 nitrogen and oxygen atoms in total. The van der Waals surface area contributed by atoms with E-state index in [-0.39, 0.29) is 22.8 Å². The number of nitrogens with zero attached hydrogens (tertiary/aromatic N) is 1. The molecule has 1 amide bonds. The molecule has 1 unspecified atom stereocenters. The van der Waals surface area contributed by atoms with Gasteiger partial charge in [-0.05, 0) is 19.2 Å². The molecule has 1 aromatic carbocycles. The van der Waals surface area contributed by atoms with Crippen molar-refractivity contribution in [3.05, 3.63) is 38.9 Å².